The Hall–Kier alpha value is -1.81. The molecule has 0 aliphatic carbocycles. The fourth-order valence-electron chi connectivity index (χ4n) is 6.30. The Balaban J connectivity index is 4.23. The second kappa shape index (κ2) is 42.3. The first-order valence-corrected chi connectivity index (χ1v) is 24.4. The quantitative estimate of drug-likeness (QED) is 0.0235. The van der Waals surface area contributed by atoms with Gasteiger partial charge in [0, 0.05) is 12.8 Å². The Morgan fingerprint density at radius 3 is 1.46 bits per heavy atom. The van der Waals surface area contributed by atoms with Crippen molar-refractivity contribution in [2.75, 3.05) is 26.4 Å². The second-order valence-electron chi connectivity index (χ2n) is 15.4. The summed E-state index contributed by atoms with van der Waals surface area (Å²) in [5, 5.41) is 18.3. The predicted octanol–water partition coefficient (Wildman–Crippen LogP) is 12.3. The molecule has 334 valence electrons. The highest BCUT2D eigenvalue weighted by Gasteiger charge is 2.27. The average molecular weight is 829 g/mol. The average Bonchev–Trinajstić information content (AvgIpc) is 3.20. The Bertz CT molecular complexity index is 1050. The van der Waals surface area contributed by atoms with Crippen molar-refractivity contribution >= 4 is 19.8 Å². The van der Waals surface area contributed by atoms with Crippen molar-refractivity contribution in [3.05, 3.63) is 36.5 Å². The molecule has 0 fully saturated rings. The summed E-state index contributed by atoms with van der Waals surface area (Å²) in [6.45, 7) is 2.27. The smallest absolute Gasteiger partial charge is 0.462 e. The normalized spacial score (nSPS) is 14.1. The van der Waals surface area contributed by atoms with E-state index in [0.717, 1.165) is 70.6 Å². The number of allylic oxidation sites excluding steroid dienone is 6. The Morgan fingerprint density at radius 2 is 0.965 bits per heavy atom. The molecule has 0 aromatic carbocycles. The van der Waals surface area contributed by atoms with Crippen LogP contribution in [0, 0.1) is 0 Å². The summed E-state index contributed by atoms with van der Waals surface area (Å²) in [5.74, 6) is -0.937. The number of aliphatic hydroxyl groups is 2. The molecular weight excluding hydrogens is 743 g/mol. The van der Waals surface area contributed by atoms with E-state index in [1.54, 1.807) is 0 Å². The SMILES string of the molecule is CC/C=C\C/C=C\C/C=C\CCCCCCCC(=O)OC(COC(=O)CCCCCCCCCCCCCCCCCCCCC)COP(=O)(O)OCC(O)CO. The number of carbonyl (C=O) groups is 2. The monoisotopic (exact) mass is 829 g/mol. The lowest BCUT2D eigenvalue weighted by molar-refractivity contribution is -0.161. The molecule has 3 unspecified atom stereocenters. The third-order valence-corrected chi connectivity index (χ3v) is 10.8. The predicted molar refractivity (Wildman–Crippen MR) is 233 cm³/mol. The van der Waals surface area contributed by atoms with Gasteiger partial charge in [0.25, 0.3) is 0 Å². The number of rotatable bonds is 43. The molecule has 11 heteroatoms. The number of hydrogen-bond acceptors (Lipinski definition) is 9. The third kappa shape index (κ3) is 42.1. The fourth-order valence-corrected chi connectivity index (χ4v) is 7.09. The number of phosphoric acid groups is 1. The molecule has 10 nitrogen and oxygen atoms in total. The molecular formula is C46H85O10P. The van der Waals surface area contributed by atoms with E-state index in [0.29, 0.717) is 12.8 Å². The van der Waals surface area contributed by atoms with E-state index in [1.807, 2.05) is 0 Å². The number of phosphoric ester groups is 1. The van der Waals surface area contributed by atoms with Gasteiger partial charge in [0.2, 0.25) is 0 Å². The molecule has 0 saturated carbocycles. The van der Waals surface area contributed by atoms with Crippen LogP contribution in [0.15, 0.2) is 36.5 Å². The van der Waals surface area contributed by atoms with E-state index in [1.165, 1.54) is 96.3 Å². The second-order valence-corrected chi connectivity index (χ2v) is 16.9. The van der Waals surface area contributed by atoms with E-state index in [2.05, 4.69) is 50.3 Å². The van der Waals surface area contributed by atoms with Gasteiger partial charge in [0.15, 0.2) is 6.10 Å². The van der Waals surface area contributed by atoms with Crippen molar-refractivity contribution in [1.82, 2.24) is 0 Å². The summed E-state index contributed by atoms with van der Waals surface area (Å²) in [6, 6.07) is 0. The first-order chi connectivity index (χ1) is 27.7. The highest BCUT2D eigenvalue weighted by Crippen LogP contribution is 2.43. The van der Waals surface area contributed by atoms with Crippen LogP contribution in [-0.2, 0) is 32.7 Å². The van der Waals surface area contributed by atoms with Gasteiger partial charge in [-0.3, -0.25) is 18.6 Å². The number of aliphatic hydroxyl groups excluding tert-OH is 2. The largest absolute Gasteiger partial charge is 0.472 e. The molecule has 3 N–H and O–H groups in total. The maximum absolute atomic E-state index is 12.6. The molecule has 0 heterocycles. The number of carbonyl (C=O) groups excluding carboxylic acids is 2. The van der Waals surface area contributed by atoms with Crippen LogP contribution in [0.3, 0.4) is 0 Å². The lowest BCUT2D eigenvalue weighted by atomic mass is 10.0. The molecule has 0 aromatic heterocycles. The molecule has 0 radical (unpaired) electrons. The topological polar surface area (TPSA) is 149 Å². The van der Waals surface area contributed by atoms with Crippen molar-refractivity contribution in [3.8, 4) is 0 Å². The molecule has 0 rings (SSSR count). The van der Waals surface area contributed by atoms with E-state index in [4.69, 9.17) is 23.6 Å². The number of esters is 2. The summed E-state index contributed by atoms with van der Waals surface area (Å²) in [7, 11) is -4.62. The Kier molecular flexibility index (Phi) is 41.0. The summed E-state index contributed by atoms with van der Waals surface area (Å²) < 4.78 is 32.7. The summed E-state index contributed by atoms with van der Waals surface area (Å²) in [6.07, 6.45) is 44.0. The molecule has 0 aliphatic rings. The van der Waals surface area contributed by atoms with Gasteiger partial charge in [-0.15, -0.1) is 0 Å². The van der Waals surface area contributed by atoms with Gasteiger partial charge >= 0.3 is 19.8 Å². The molecule has 0 saturated heterocycles. The van der Waals surface area contributed by atoms with Crippen LogP contribution < -0.4 is 0 Å². The van der Waals surface area contributed by atoms with Crippen molar-refractivity contribution in [2.24, 2.45) is 0 Å². The fraction of sp³-hybridized carbons (Fsp3) is 0.826. The molecule has 0 bridgehead atoms. The zero-order chi connectivity index (χ0) is 41.9. The first kappa shape index (κ1) is 55.2. The minimum Gasteiger partial charge on any atom is -0.462 e. The summed E-state index contributed by atoms with van der Waals surface area (Å²) in [4.78, 5) is 35.0. The van der Waals surface area contributed by atoms with Crippen LogP contribution in [0.4, 0.5) is 0 Å². The number of ether oxygens (including phenoxy) is 2. The van der Waals surface area contributed by atoms with E-state index in [9.17, 15) is 24.2 Å². The van der Waals surface area contributed by atoms with Crippen molar-refractivity contribution in [3.63, 3.8) is 0 Å². The molecule has 0 amide bonds. The van der Waals surface area contributed by atoms with E-state index < -0.39 is 51.8 Å². The van der Waals surface area contributed by atoms with Crippen LogP contribution in [0.2, 0.25) is 0 Å². The highest BCUT2D eigenvalue weighted by molar-refractivity contribution is 7.47. The summed E-state index contributed by atoms with van der Waals surface area (Å²) >= 11 is 0. The van der Waals surface area contributed by atoms with Gasteiger partial charge in [0.05, 0.1) is 19.8 Å². The lowest BCUT2D eigenvalue weighted by Gasteiger charge is -2.20. The highest BCUT2D eigenvalue weighted by atomic mass is 31.2. The van der Waals surface area contributed by atoms with Gasteiger partial charge < -0.3 is 24.6 Å². The zero-order valence-electron chi connectivity index (χ0n) is 36.3. The molecule has 3 atom stereocenters. The zero-order valence-corrected chi connectivity index (χ0v) is 37.2. The summed E-state index contributed by atoms with van der Waals surface area (Å²) in [5.41, 5.74) is 0. The van der Waals surface area contributed by atoms with Crippen LogP contribution in [0.5, 0.6) is 0 Å². The standard InChI is InChI=1S/C46H85O10P/c1-3-5-7-9-11-13-15-17-19-20-21-22-24-25-27-29-31-33-35-37-45(49)53-41-44(42-55-57(51,52)54-40-43(48)39-47)56-46(50)38-36-34-32-30-28-26-23-18-16-14-12-10-8-6-4-2/h6,8,12,14,18,23,43-44,47-48H,3-5,7,9-11,13,15-17,19-22,24-42H2,1-2H3,(H,51,52)/b8-6-,14-12-,23-18-. The first-order valence-electron chi connectivity index (χ1n) is 22.9. The van der Waals surface area contributed by atoms with E-state index in [-0.39, 0.29) is 19.4 Å². The van der Waals surface area contributed by atoms with Crippen LogP contribution in [0.1, 0.15) is 206 Å². The maximum Gasteiger partial charge on any atom is 0.472 e. The van der Waals surface area contributed by atoms with Gasteiger partial charge in [-0.05, 0) is 44.9 Å². The van der Waals surface area contributed by atoms with Gasteiger partial charge in [-0.25, -0.2) is 4.57 Å². The number of unbranched alkanes of at least 4 members (excludes halogenated alkanes) is 23. The maximum atomic E-state index is 12.6. The minimum atomic E-state index is -4.62. The molecule has 0 spiro atoms. The van der Waals surface area contributed by atoms with Crippen LogP contribution in [-0.4, -0.2) is 65.7 Å². The van der Waals surface area contributed by atoms with Crippen molar-refractivity contribution < 1.29 is 47.8 Å². The van der Waals surface area contributed by atoms with Gasteiger partial charge in [0.1, 0.15) is 12.7 Å². The van der Waals surface area contributed by atoms with Crippen molar-refractivity contribution in [2.45, 2.75) is 219 Å². The minimum absolute atomic E-state index is 0.166. The number of hydrogen-bond donors (Lipinski definition) is 3. The lowest BCUT2D eigenvalue weighted by Crippen LogP contribution is -2.29. The molecule has 0 aromatic rings. The van der Waals surface area contributed by atoms with Crippen LogP contribution >= 0.6 is 7.82 Å². The Labute approximate surface area is 348 Å². The van der Waals surface area contributed by atoms with Crippen LogP contribution in [0.25, 0.3) is 0 Å². The Morgan fingerprint density at radius 1 is 0.544 bits per heavy atom. The molecule has 57 heavy (non-hydrogen) atoms. The third-order valence-electron chi connectivity index (χ3n) is 9.81. The van der Waals surface area contributed by atoms with E-state index >= 15 is 0 Å². The van der Waals surface area contributed by atoms with Gasteiger partial charge in [-0.1, -0.05) is 185 Å². The van der Waals surface area contributed by atoms with Gasteiger partial charge in [-0.2, -0.15) is 0 Å². The van der Waals surface area contributed by atoms with Crippen molar-refractivity contribution in [1.29, 1.82) is 0 Å². The molecule has 0 aliphatic heterocycles.